The number of aliphatic hydroxyl groups is 1. The minimum Gasteiger partial charge on any atom is -0.507 e. The first kappa shape index (κ1) is 23.2. The van der Waals surface area contributed by atoms with Gasteiger partial charge in [-0.1, -0.05) is 24.8 Å². The van der Waals surface area contributed by atoms with Crippen molar-refractivity contribution in [3.05, 3.63) is 77.4 Å². The van der Waals surface area contributed by atoms with Gasteiger partial charge in [-0.2, -0.15) is 0 Å². The maximum atomic E-state index is 13.3. The predicted octanol–water partition coefficient (Wildman–Crippen LogP) is 4.18. The Kier molecular flexibility index (Phi) is 6.34. The van der Waals surface area contributed by atoms with Crippen LogP contribution in [0.2, 0.25) is 0 Å². The molecule has 0 bridgehead atoms. The van der Waals surface area contributed by atoms with Gasteiger partial charge in [-0.15, -0.1) is 0 Å². The van der Waals surface area contributed by atoms with E-state index in [1.54, 1.807) is 30.3 Å². The van der Waals surface area contributed by atoms with E-state index < -0.39 is 17.7 Å². The van der Waals surface area contributed by atoms with Crippen LogP contribution in [0.1, 0.15) is 42.5 Å². The van der Waals surface area contributed by atoms with Gasteiger partial charge in [0.2, 0.25) is 0 Å². The van der Waals surface area contributed by atoms with Crippen molar-refractivity contribution in [2.45, 2.75) is 44.4 Å². The van der Waals surface area contributed by atoms with Crippen molar-refractivity contribution in [1.29, 1.82) is 0 Å². The number of carbonyl (C=O) groups is 2. The average molecular weight is 476 g/mol. The second-order valence-electron chi connectivity index (χ2n) is 9.21. The molecule has 2 fully saturated rings. The molecule has 0 spiro atoms. The normalized spacial score (nSPS) is 24.9. The Hall–Kier alpha value is -3.58. The zero-order valence-electron chi connectivity index (χ0n) is 19.7. The van der Waals surface area contributed by atoms with Crippen LogP contribution in [0, 0.1) is 0 Å². The van der Waals surface area contributed by atoms with E-state index in [0.29, 0.717) is 30.1 Å². The van der Waals surface area contributed by atoms with E-state index in [1.807, 2.05) is 25.1 Å². The van der Waals surface area contributed by atoms with Crippen LogP contribution in [0.25, 0.3) is 5.76 Å². The van der Waals surface area contributed by atoms with Gasteiger partial charge in [-0.25, -0.2) is 0 Å². The molecule has 182 valence electrons. The molecule has 35 heavy (non-hydrogen) atoms. The number of aliphatic hydroxyl groups excluding tert-OH is 1. The first-order chi connectivity index (χ1) is 17.0. The maximum Gasteiger partial charge on any atom is 0.295 e. The molecule has 3 aliphatic rings. The van der Waals surface area contributed by atoms with Gasteiger partial charge < -0.3 is 24.2 Å². The maximum absolute atomic E-state index is 13.3. The molecule has 3 heterocycles. The second-order valence-corrected chi connectivity index (χ2v) is 9.21. The smallest absolute Gasteiger partial charge is 0.295 e. The summed E-state index contributed by atoms with van der Waals surface area (Å²) in [7, 11) is 0. The largest absolute Gasteiger partial charge is 0.507 e. The lowest BCUT2D eigenvalue weighted by atomic mass is 9.94. The number of carbonyl (C=O) groups excluding carboxylic acids is 2. The number of benzene rings is 2. The third-order valence-electron chi connectivity index (χ3n) is 6.70. The Balaban J connectivity index is 1.56. The fourth-order valence-electron chi connectivity index (χ4n) is 5.05. The molecule has 3 aliphatic heterocycles. The van der Waals surface area contributed by atoms with Crippen molar-refractivity contribution in [3.8, 4) is 11.5 Å². The SMILES string of the molecule is C=CCOc1ccc(C2/C(=C(\O)c3ccc4c(c3)CC(C)O4)C(=O)C(=O)N2CC2CCCO2)cc1. The first-order valence-electron chi connectivity index (χ1n) is 12.0. The van der Waals surface area contributed by atoms with Crippen LogP contribution in [0.3, 0.4) is 0 Å². The van der Waals surface area contributed by atoms with Gasteiger partial charge in [0.05, 0.1) is 17.7 Å². The summed E-state index contributed by atoms with van der Waals surface area (Å²) < 4.78 is 17.1. The molecule has 5 rings (SSSR count). The summed E-state index contributed by atoms with van der Waals surface area (Å²) in [5.41, 5.74) is 2.26. The summed E-state index contributed by atoms with van der Waals surface area (Å²) >= 11 is 0. The van der Waals surface area contributed by atoms with Crippen molar-refractivity contribution in [1.82, 2.24) is 4.90 Å². The van der Waals surface area contributed by atoms with Gasteiger partial charge in [-0.05, 0) is 61.2 Å². The molecule has 7 heteroatoms. The summed E-state index contributed by atoms with van der Waals surface area (Å²) in [5.74, 6) is -0.0747. The molecule has 3 atom stereocenters. The highest BCUT2D eigenvalue weighted by molar-refractivity contribution is 6.46. The summed E-state index contributed by atoms with van der Waals surface area (Å²) in [4.78, 5) is 28.0. The topological polar surface area (TPSA) is 85.3 Å². The van der Waals surface area contributed by atoms with Crippen LogP contribution in [-0.4, -0.2) is 53.7 Å². The van der Waals surface area contributed by atoms with Gasteiger partial charge in [-0.3, -0.25) is 9.59 Å². The van der Waals surface area contributed by atoms with Crippen molar-refractivity contribution < 1.29 is 28.9 Å². The molecule has 7 nitrogen and oxygen atoms in total. The van der Waals surface area contributed by atoms with Crippen LogP contribution in [0.15, 0.2) is 60.7 Å². The molecule has 1 N–H and O–H groups in total. The number of amides is 1. The third-order valence-corrected chi connectivity index (χ3v) is 6.70. The van der Waals surface area contributed by atoms with Gasteiger partial charge in [0, 0.05) is 25.1 Å². The lowest BCUT2D eigenvalue weighted by Crippen LogP contribution is -2.36. The van der Waals surface area contributed by atoms with Crippen LogP contribution in [0.4, 0.5) is 0 Å². The van der Waals surface area contributed by atoms with E-state index in [4.69, 9.17) is 14.2 Å². The first-order valence-corrected chi connectivity index (χ1v) is 12.0. The molecule has 1 amide bonds. The quantitative estimate of drug-likeness (QED) is 0.280. The minimum absolute atomic E-state index is 0.0567. The number of Topliss-reactive ketones (excluding diaryl/α,β-unsaturated/α-hetero) is 1. The molecular formula is C28H29NO6. The van der Waals surface area contributed by atoms with Crippen LogP contribution < -0.4 is 9.47 Å². The molecule has 2 saturated heterocycles. The molecular weight excluding hydrogens is 446 g/mol. The van der Waals surface area contributed by atoms with Gasteiger partial charge in [0.15, 0.2) is 0 Å². The van der Waals surface area contributed by atoms with Gasteiger partial charge in [0.1, 0.15) is 30.0 Å². The van der Waals surface area contributed by atoms with E-state index >= 15 is 0 Å². The van der Waals surface area contributed by atoms with E-state index in [9.17, 15) is 14.7 Å². The average Bonchev–Trinajstić information content (AvgIpc) is 3.57. The Morgan fingerprint density at radius 1 is 1.23 bits per heavy atom. The number of ether oxygens (including phenoxy) is 3. The summed E-state index contributed by atoms with van der Waals surface area (Å²) in [6, 6.07) is 11.9. The second kappa shape index (κ2) is 9.58. The lowest BCUT2D eigenvalue weighted by Gasteiger charge is -2.27. The number of rotatable bonds is 7. The summed E-state index contributed by atoms with van der Waals surface area (Å²) in [5, 5.41) is 11.4. The minimum atomic E-state index is -0.726. The van der Waals surface area contributed by atoms with Crippen molar-refractivity contribution in [3.63, 3.8) is 0 Å². The fourth-order valence-corrected chi connectivity index (χ4v) is 5.05. The molecule has 0 aliphatic carbocycles. The molecule has 3 unspecified atom stereocenters. The molecule has 2 aromatic carbocycles. The Labute approximate surface area is 204 Å². The number of fused-ring (bicyclic) bond motifs is 1. The zero-order chi connectivity index (χ0) is 24.5. The van der Waals surface area contributed by atoms with E-state index in [0.717, 1.165) is 30.6 Å². The monoisotopic (exact) mass is 475 g/mol. The Morgan fingerprint density at radius 3 is 2.74 bits per heavy atom. The third kappa shape index (κ3) is 4.44. The zero-order valence-corrected chi connectivity index (χ0v) is 19.7. The van der Waals surface area contributed by atoms with E-state index in [2.05, 4.69) is 6.58 Å². The van der Waals surface area contributed by atoms with Crippen LogP contribution >= 0.6 is 0 Å². The molecule has 0 aromatic heterocycles. The highest BCUT2D eigenvalue weighted by atomic mass is 16.5. The highest BCUT2D eigenvalue weighted by Crippen LogP contribution is 2.41. The van der Waals surface area contributed by atoms with Crippen LogP contribution in [-0.2, 0) is 20.7 Å². The lowest BCUT2D eigenvalue weighted by molar-refractivity contribution is -0.140. The fraction of sp³-hybridized carbons (Fsp3) is 0.357. The van der Waals surface area contributed by atoms with Gasteiger partial charge in [0.25, 0.3) is 11.7 Å². The standard InChI is InChI=1S/C28H29NO6/c1-3-12-33-21-9-6-18(7-10-21)25-24(27(31)28(32)29(25)16-22-5-4-13-34-22)26(30)19-8-11-23-20(15-19)14-17(2)35-23/h3,6-11,15,17,22,25,30H,1,4-5,12-14,16H2,2H3/b26-24+. The van der Waals surface area contributed by atoms with Gasteiger partial charge >= 0.3 is 0 Å². The van der Waals surface area contributed by atoms with E-state index in [1.165, 1.54) is 4.90 Å². The van der Waals surface area contributed by atoms with E-state index in [-0.39, 0.29) is 30.1 Å². The Morgan fingerprint density at radius 2 is 2.03 bits per heavy atom. The number of nitrogens with zero attached hydrogens (tertiary/aromatic N) is 1. The number of hydrogen-bond acceptors (Lipinski definition) is 6. The number of hydrogen-bond donors (Lipinski definition) is 1. The van der Waals surface area contributed by atoms with Crippen molar-refractivity contribution in [2.75, 3.05) is 19.8 Å². The molecule has 0 radical (unpaired) electrons. The van der Waals surface area contributed by atoms with Crippen LogP contribution in [0.5, 0.6) is 11.5 Å². The summed E-state index contributed by atoms with van der Waals surface area (Å²) in [6.45, 7) is 6.94. The number of likely N-dealkylation sites (tertiary alicyclic amines) is 1. The molecule has 2 aromatic rings. The number of ketones is 1. The highest BCUT2D eigenvalue weighted by Gasteiger charge is 2.47. The van der Waals surface area contributed by atoms with Crippen molar-refractivity contribution in [2.24, 2.45) is 0 Å². The van der Waals surface area contributed by atoms with Crippen molar-refractivity contribution >= 4 is 17.4 Å². The summed E-state index contributed by atoms with van der Waals surface area (Å²) in [6.07, 6.45) is 4.05. The Bertz CT molecular complexity index is 1180. The predicted molar refractivity (Wildman–Crippen MR) is 130 cm³/mol. The molecule has 0 saturated carbocycles.